The first-order valence-corrected chi connectivity index (χ1v) is 6.98. The molecule has 19 heavy (non-hydrogen) atoms. The van der Waals surface area contributed by atoms with Crippen LogP contribution < -0.4 is 5.32 Å². The van der Waals surface area contributed by atoms with E-state index in [1.807, 2.05) is 28.8 Å². The first-order valence-electron chi connectivity index (χ1n) is 6.98. The Balaban J connectivity index is 1.69. The predicted octanol–water partition coefficient (Wildman–Crippen LogP) is 1.98. The Kier molecular flexibility index (Phi) is 3.29. The zero-order valence-corrected chi connectivity index (χ0v) is 11.3. The maximum Gasteiger partial charge on any atom is 0.137 e. The fourth-order valence-corrected chi connectivity index (χ4v) is 3.07. The highest BCUT2D eigenvalue weighted by Crippen LogP contribution is 2.37. The summed E-state index contributed by atoms with van der Waals surface area (Å²) in [5.41, 5.74) is 2.06. The summed E-state index contributed by atoms with van der Waals surface area (Å²) in [6.07, 6.45) is 7.52. The van der Waals surface area contributed by atoms with Gasteiger partial charge >= 0.3 is 0 Å². The topological polar surface area (TPSA) is 49.6 Å². The lowest BCUT2D eigenvalue weighted by molar-refractivity contribution is 0.118. The van der Waals surface area contributed by atoms with Crippen molar-refractivity contribution in [2.75, 3.05) is 6.61 Å². The number of rotatable bonds is 4. The molecule has 3 rings (SSSR count). The van der Waals surface area contributed by atoms with Crippen molar-refractivity contribution in [3.63, 3.8) is 0 Å². The average Bonchev–Trinajstić information content (AvgIpc) is 3.00. The molecule has 102 valence electrons. The van der Waals surface area contributed by atoms with Crippen LogP contribution in [0, 0.1) is 5.41 Å². The standard InChI is InChI=1S/C15H21N3O/c1-15(11-19)7-4-5-13(15)16-9-12-10-18-8-3-2-6-14(18)17-12/h2-3,6,8,10,13,16,19H,4-5,7,9,11H2,1H3. The van der Waals surface area contributed by atoms with Crippen LogP contribution >= 0.6 is 0 Å². The number of fused-ring (bicyclic) bond motifs is 1. The van der Waals surface area contributed by atoms with Crippen molar-refractivity contribution in [1.82, 2.24) is 14.7 Å². The summed E-state index contributed by atoms with van der Waals surface area (Å²) in [7, 11) is 0. The molecule has 1 aliphatic carbocycles. The Morgan fingerprint density at radius 2 is 2.42 bits per heavy atom. The van der Waals surface area contributed by atoms with Crippen LogP contribution in [0.4, 0.5) is 0 Å². The van der Waals surface area contributed by atoms with Gasteiger partial charge in [-0.1, -0.05) is 19.4 Å². The van der Waals surface area contributed by atoms with Gasteiger partial charge in [-0.15, -0.1) is 0 Å². The van der Waals surface area contributed by atoms with E-state index in [0.717, 1.165) is 30.7 Å². The molecule has 1 fully saturated rings. The molecule has 2 heterocycles. The van der Waals surface area contributed by atoms with Crippen LogP contribution in [0.3, 0.4) is 0 Å². The third-order valence-electron chi connectivity index (χ3n) is 4.39. The predicted molar refractivity (Wildman–Crippen MR) is 74.9 cm³/mol. The van der Waals surface area contributed by atoms with Crippen molar-refractivity contribution in [2.45, 2.75) is 38.8 Å². The van der Waals surface area contributed by atoms with Crippen molar-refractivity contribution in [3.05, 3.63) is 36.3 Å². The molecule has 0 aromatic carbocycles. The lowest BCUT2D eigenvalue weighted by atomic mass is 9.86. The van der Waals surface area contributed by atoms with E-state index in [4.69, 9.17) is 0 Å². The van der Waals surface area contributed by atoms with Crippen LogP contribution in [0.5, 0.6) is 0 Å². The second-order valence-corrected chi connectivity index (χ2v) is 5.84. The lowest BCUT2D eigenvalue weighted by Crippen LogP contribution is -2.41. The second kappa shape index (κ2) is 4.94. The molecule has 1 saturated carbocycles. The average molecular weight is 259 g/mol. The number of hydrogen-bond acceptors (Lipinski definition) is 3. The second-order valence-electron chi connectivity index (χ2n) is 5.84. The fraction of sp³-hybridized carbons (Fsp3) is 0.533. The number of aromatic nitrogens is 2. The number of imidazole rings is 1. The van der Waals surface area contributed by atoms with E-state index in [2.05, 4.69) is 23.4 Å². The normalized spacial score (nSPS) is 27.2. The molecule has 0 amide bonds. The van der Waals surface area contributed by atoms with Crippen LogP contribution in [0.2, 0.25) is 0 Å². The zero-order chi connectivity index (χ0) is 13.3. The van der Waals surface area contributed by atoms with Gasteiger partial charge in [-0.05, 0) is 25.0 Å². The first-order chi connectivity index (χ1) is 9.21. The van der Waals surface area contributed by atoms with Crippen LogP contribution in [-0.2, 0) is 6.54 Å². The molecule has 2 unspecified atom stereocenters. The van der Waals surface area contributed by atoms with E-state index in [-0.39, 0.29) is 12.0 Å². The van der Waals surface area contributed by atoms with Crippen molar-refractivity contribution >= 4 is 5.65 Å². The number of nitrogens with zero attached hydrogens (tertiary/aromatic N) is 2. The van der Waals surface area contributed by atoms with Gasteiger partial charge in [0.25, 0.3) is 0 Å². The largest absolute Gasteiger partial charge is 0.396 e. The van der Waals surface area contributed by atoms with Gasteiger partial charge in [-0.2, -0.15) is 0 Å². The Labute approximate surface area is 113 Å². The minimum absolute atomic E-state index is 0.0269. The van der Waals surface area contributed by atoms with Gasteiger partial charge < -0.3 is 14.8 Å². The van der Waals surface area contributed by atoms with Gasteiger partial charge in [-0.25, -0.2) is 4.98 Å². The molecular formula is C15H21N3O. The molecular weight excluding hydrogens is 238 g/mol. The van der Waals surface area contributed by atoms with Gasteiger partial charge in [0.1, 0.15) is 5.65 Å². The van der Waals surface area contributed by atoms with Crippen LogP contribution in [-0.4, -0.2) is 27.1 Å². The molecule has 2 aromatic rings. The SMILES string of the molecule is CC1(CO)CCCC1NCc1cn2ccccc2n1. The van der Waals surface area contributed by atoms with Crippen molar-refractivity contribution in [1.29, 1.82) is 0 Å². The molecule has 2 N–H and O–H groups in total. The fourth-order valence-electron chi connectivity index (χ4n) is 3.07. The van der Waals surface area contributed by atoms with Gasteiger partial charge in [0.05, 0.1) is 5.69 Å². The molecule has 4 heteroatoms. The highest BCUT2D eigenvalue weighted by molar-refractivity contribution is 5.39. The maximum absolute atomic E-state index is 9.55. The molecule has 0 radical (unpaired) electrons. The van der Waals surface area contributed by atoms with E-state index in [1.165, 1.54) is 6.42 Å². The highest BCUT2D eigenvalue weighted by atomic mass is 16.3. The molecule has 1 aliphatic rings. The number of pyridine rings is 1. The Hall–Kier alpha value is -1.39. The summed E-state index contributed by atoms with van der Waals surface area (Å²) in [5, 5.41) is 13.1. The van der Waals surface area contributed by atoms with E-state index < -0.39 is 0 Å². The maximum atomic E-state index is 9.55. The van der Waals surface area contributed by atoms with Crippen LogP contribution in [0.1, 0.15) is 31.9 Å². The van der Waals surface area contributed by atoms with E-state index in [1.54, 1.807) is 0 Å². The summed E-state index contributed by atoms with van der Waals surface area (Å²) in [6.45, 7) is 3.19. The van der Waals surface area contributed by atoms with Crippen molar-refractivity contribution < 1.29 is 5.11 Å². The number of aliphatic hydroxyl groups excluding tert-OH is 1. The van der Waals surface area contributed by atoms with Gasteiger partial charge in [0.2, 0.25) is 0 Å². The van der Waals surface area contributed by atoms with E-state index >= 15 is 0 Å². The van der Waals surface area contributed by atoms with E-state index in [0.29, 0.717) is 6.04 Å². The van der Waals surface area contributed by atoms with Crippen molar-refractivity contribution in [3.8, 4) is 0 Å². The third-order valence-corrected chi connectivity index (χ3v) is 4.39. The Bertz CT molecular complexity index is 532. The minimum atomic E-state index is 0.0269. The van der Waals surface area contributed by atoms with Crippen molar-refractivity contribution in [2.24, 2.45) is 5.41 Å². The number of hydrogen-bond donors (Lipinski definition) is 2. The molecule has 2 atom stereocenters. The molecule has 0 spiro atoms. The lowest BCUT2D eigenvalue weighted by Gasteiger charge is -2.30. The van der Waals surface area contributed by atoms with Gasteiger partial charge in [-0.3, -0.25) is 0 Å². The first kappa shape index (κ1) is 12.6. The van der Waals surface area contributed by atoms with E-state index in [9.17, 15) is 5.11 Å². The smallest absolute Gasteiger partial charge is 0.137 e. The molecule has 0 aliphatic heterocycles. The summed E-state index contributed by atoms with van der Waals surface area (Å²) in [4.78, 5) is 4.59. The summed E-state index contributed by atoms with van der Waals surface area (Å²) in [5.74, 6) is 0. The minimum Gasteiger partial charge on any atom is -0.396 e. The van der Waals surface area contributed by atoms with Crippen LogP contribution in [0.25, 0.3) is 5.65 Å². The number of aliphatic hydroxyl groups is 1. The summed E-state index contributed by atoms with van der Waals surface area (Å²) in [6, 6.07) is 6.41. The molecule has 2 aromatic heterocycles. The Morgan fingerprint density at radius 1 is 1.53 bits per heavy atom. The number of nitrogens with one attached hydrogen (secondary N) is 1. The summed E-state index contributed by atoms with van der Waals surface area (Å²) < 4.78 is 2.04. The highest BCUT2D eigenvalue weighted by Gasteiger charge is 2.37. The van der Waals surface area contributed by atoms with Gasteiger partial charge in [0.15, 0.2) is 0 Å². The van der Waals surface area contributed by atoms with Crippen LogP contribution in [0.15, 0.2) is 30.6 Å². The Morgan fingerprint density at radius 3 is 3.21 bits per heavy atom. The molecule has 4 nitrogen and oxygen atoms in total. The molecule has 0 saturated heterocycles. The third kappa shape index (κ3) is 2.38. The van der Waals surface area contributed by atoms with Gasteiger partial charge in [0, 0.05) is 37.0 Å². The quantitative estimate of drug-likeness (QED) is 0.882. The summed E-state index contributed by atoms with van der Waals surface area (Å²) >= 11 is 0. The zero-order valence-electron chi connectivity index (χ0n) is 11.3. The monoisotopic (exact) mass is 259 g/mol. The molecule has 0 bridgehead atoms.